The van der Waals surface area contributed by atoms with E-state index in [-0.39, 0.29) is 22.8 Å². The molecule has 0 saturated carbocycles. The van der Waals surface area contributed by atoms with Crippen LogP contribution in [0.2, 0.25) is 0 Å². The molecule has 0 bridgehead atoms. The lowest BCUT2D eigenvalue weighted by molar-refractivity contribution is 0.0962. The molecule has 1 amide bonds. The van der Waals surface area contributed by atoms with Crippen molar-refractivity contribution in [3.63, 3.8) is 0 Å². The van der Waals surface area contributed by atoms with E-state index in [0.717, 1.165) is 23.6 Å². The van der Waals surface area contributed by atoms with Gasteiger partial charge in [-0.2, -0.15) is 0 Å². The van der Waals surface area contributed by atoms with Crippen molar-refractivity contribution in [1.29, 1.82) is 0 Å². The average Bonchev–Trinajstić information content (AvgIpc) is 2.92. The van der Waals surface area contributed by atoms with E-state index in [4.69, 9.17) is 9.47 Å². The van der Waals surface area contributed by atoms with Crippen LogP contribution in [0.3, 0.4) is 0 Å². The van der Waals surface area contributed by atoms with Crippen molar-refractivity contribution < 1.29 is 18.7 Å². The minimum Gasteiger partial charge on any atom is -0.494 e. The second kappa shape index (κ2) is 11.5. The molecule has 1 atom stereocenters. The van der Waals surface area contributed by atoms with Crippen LogP contribution in [0.4, 0.5) is 21.7 Å². The minimum absolute atomic E-state index is 0.0289. The van der Waals surface area contributed by atoms with Gasteiger partial charge in [0.2, 0.25) is 5.95 Å². The zero-order chi connectivity index (χ0) is 27.2. The molecule has 0 spiro atoms. The molecule has 2 heterocycles. The Labute approximate surface area is 221 Å². The van der Waals surface area contributed by atoms with Gasteiger partial charge in [0.1, 0.15) is 5.75 Å². The molecule has 0 aliphatic carbocycles. The number of carbonyl (C=O) groups excluding carboxylic acids is 1. The van der Waals surface area contributed by atoms with Crippen LogP contribution in [0, 0.1) is 17.7 Å². The minimum atomic E-state index is -0.648. The van der Waals surface area contributed by atoms with Crippen LogP contribution >= 0.6 is 0 Å². The van der Waals surface area contributed by atoms with Crippen LogP contribution in [0.1, 0.15) is 35.3 Å². The van der Waals surface area contributed by atoms with Gasteiger partial charge in [-0.15, -0.1) is 0 Å². The van der Waals surface area contributed by atoms with Crippen LogP contribution in [-0.2, 0) is 0 Å². The van der Waals surface area contributed by atoms with Gasteiger partial charge in [0.25, 0.3) is 5.91 Å². The predicted octanol–water partition coefficient (Wildman–Crippen LogP) is 3.80. The molecule has 4 rings (SSSR count). The standard InChI is InChI=1S/C28H29FN6O3/c1-17-15-35(16-18(2)33-17)23-9-8-22(12-24(23)37-4)34-28-31-13-19(14-32-28)6-7-20-10-21(27(36)30-3)11-25(38-5)26(20)29/h8-15,18,33H,16H2,1-5H3,(H,30,36)(H,31,32,34)/t18-/m0/s1. The highest BCUT2D eigenvalue weighted by molar-refractivity contribution is 5.94. The number of allylic oxidation sites excluding steroid dienone is 1. The van der Waals surface area contributed by atoms with E-state index in [1.165, 1.54) is 38.7 Å². The van der Waals surface area contributed by atoms with Gasteiger partial charge in [0.15, 0.2) is 11.6 Å². The molecule has 196 valence electrons. The van der Waals surface area contributed by atoms with Gasteiger partial charge in [0.05, 0.1) is 31.0 Å². The van der Waals surface area contributed by atoms with E-state index in [1.54, 1.807) is 7.11 Å². The van der Waals surface area contributed by atoms with E-state index in [1.807, 2.05) is 25.1 Å². The highest BCUT2D eigenvalue weighted by Gasteiger charge is 2.18. The highest BCUT2D eigenvalue weighted by atomic mass is 19.1. The van der Waals surface area contributed by atoms with Gasteiger partial charge >= 0.3 is 0 Å². The maximum absolute atomic E-state index is 14.7. The lowest BCUT2D eigenvalue weighted by Crippen LogP contribution is -2.41. The number of hydrogen-bond donors (Lipinski definition) is 3. The SMILES string of the molecule is CNC(=O)c1cc(C#Cc2cnc(Nc3ccc(N4C=C(C)N[C@@H](C)C4)c(OC)c3)nc2)c(F)c(OC)c1. The molecule has 2 aromatic carbocycles. The number of hydrogen-bond acceptors (Lipinski definition) is 8. The van der Waals surface area contributed by atoms with Gasteiger partial charge in [-0.3, -0.25) is 4.79 Å². The Morgan fingerprint density at radius 2 is 1.87 bits per heavy atom. The summed E-state index contributed by atoms with van der Waals surface area (Å²) in [6.45, 7) is 4.98. The lowest BCUT2D eigenvalue weighted by atomic mass is 10.1. The first-order chi connectivity index (χ1) is 18.3. The molecule has 3 aromatic rings. The van der Waals surface area contributed by atoms with E-state index in [2.05, 4.69) is 55.8 Å². The number of benzene rings is 2. The molecule has 0 unspecified atom stereocenters. The molecule has 3 N–H and O–H groups in total. The Morgan fingerprint density at radius 3 is 2.53 bits per heavy atom. The third kappa shape index (κ3) is 5.95. The molecule has 1 aromatic heterocycles. The van der Waals surface area contributed by atoms with Crippen molar-refractivity contribution in [3.8, 4) is 23.3 Å². The number of aromatic nitrogens is 2. The van der Waals surface area contributed by atoms with Crippen molar-refractivity contribution in [2.75, 3.05) is 38.0 Å². The summed E-state index contributed by atoms with van der Waals surface area (Å²) in [6, 6.07) is 8.81. The zero-order valence-corrected chi connectivity index (χ0v) is 21.8. The Balaban J connectivity index is 1.51. The summed E-state index contributed by atoms with van der Waals surface area (Å²) in [5.41, 5.74) is 3.55. The molecule has 0 saturated heterocycles. The lowest BCUT2D eigenvalue weighted by Gasteiger charge is -2.32. The summed E-state index contributed by atoms with van der Waals surface area (Å²) < 4.78 is 25.3. The van der Waals surface area contributed by atoms with Crippen molar-refractivity contribution in [1.82, 2.24) is 20.6 Å². The highest BCUT2D eigenvalue weighted by Crippen LogP contribution is 2.33. The summed E-state index contributed by atoms with van der Waals surface area (Å²) in [7, 11) is 4.46. The smallest absolute Gasteiger partial charge is 0.251 e. The van der Waals surface area contributed by atoms with E-state index in [0.29, 0.717) is 23.3 Å². The first kappa shape index (κ1) is 26.3. The van der Waals surface area contributed by atoms with Crippen LogP contribution in [0.15, 0.2) is 54.6 Å². The first-order valence-corrected chi connectivity index (χ1v) is 11.9. The molecule has 10 heteroatoms. The summed E-state index contributed by atoms with van der Waals surface area (Å²) in [4.78, 5) is 22.8. The summed E-state index contributed by atoms with van der Waals surface area (Å²) >= 11 is 0. The van der Waals surface area contributed by atoms with E-state index >= 15 is 0 Å². The number of ether oxygens (including phenoxy) is 2. The molecule has 1 aliphatic heterocycles. The van der Waals surface area contributed by atoms with E-state index < -0.39 is 5.82 Å². The third-order valence-corrected chi connectivity index (χ3v) is 5.78. The fourth-order valence-corrected chi connectivity index (χ4v) is 4.05. The second-order valence-electron chi connectivity index (χ2n) is 8.69. The molecule has 9 nitrogen and oxygen atoms in total. The molecule has 1 aliphatic rings. The number of methoxy groups -OCH3 is 2. The second-order valence-corrected chi connectivity index (χ2v) is 8.69. The Morgan fingerprint density at radius 1 is 1.13 bits per heavy atom. The van der Waals surface area contributed by atoms with Gasteiger partial charge in [-0.05, 0) is 38.1 Å². The topological polar surface area (TPSA) is 101 Å². The molecule has 0 radical (unpaired) electrons. The first-order valence-electron chi connectivity index (χ1n) is 11.9. The summed E-state index contributed by atoms with van der Waals surface area (Å²) in [5.74, 6) is 5.56. The zero-order valence-electron chi connectivity index (χ0n) is 21.8. The molecular formula is C28H29FN6O3. The number of carbonyl (C=O) groups is 1. The molecule has 0 fully saturated rings. The maximum Gasteiger partial charge on any atom is 0.251 e. The predicted molar refractivity (Wildman–Crippen MR) is 144 cm³/mol. The van der Waals surface area contributed by atoms with Gasteiger partial charge < -0.3 is 30.3 Å². The molecule has 38 heavy (non-hydrogen) atoms. The summed E-state index contributed by atoms with van der Waals surface area (Å²) in [5, 5.41) is 9.06. The number of nitrogens with zero attached hydrogens (tertiary/aromatic N) is 3. The van der Waals surface area contributed by atoms with Crippen molar-refractivity contribution >= 4 is 23.2 Å². The van der Waals surface area contributed by atoms with Gasteiger partial charge in [0, 0.05) is 61.2 Å². The van der Waals surface area contributed by atoms with Crippen molar-refractivity contribution in [2.45, 2.75) is 19.9 Å². The Bertz CT molecular complexity index is 1430. The number of nitrogens with one attached hydrogen (secondary N) is 3. The third-order valence-electron chi connectivity index (χ3n) is 5.78. The van der Waals surface area contributed by atoms with Crippen LogP contribution < -0.4 is 30.3 Å². The van der Waals surface area contributed by atoms with Gasteiger partial charge in [-0.25, -0.2) is 14.4 Å². The van der Waals surface area contributed by atoms with E-state index in [9.17, 15) is 9.18 Å². The number of amides is 1. The van der Waals surface area contributed by atoms with Crippen LogP contribution in [-0.4, -0.2) is 49.7 Å². The average molecular weight is 517 g/mol. The van der Waals surface area contributed by atoms with Gasteiger partial charge in [-0.1, -0.05) is 11.8 Å². The maximum atomic E-state index is 14.7. The van der Waals surface area contributed by atoms with Crippen molar-refractivity contribution in [3.05, 3.63) is 77.1 Å². The Kier molecular flexibility index (Phi) is 7.97. The molecular weight excluding hydrogens is 487 g/mol. The summed E-state index contributed by atoms with van der Waals surface area (Å²) in [6.07, 6.45) is 5.12. The quantitative estimate of drug-likeness (QED) is 0.426. The Hall–Kier alpha value is -4.78. The largest absolute Gasteiger partial charge is 0.494 e. The number of halogens is 1. The normalized spacial score (nSPS) is 14.4. The number of rotatable bonds is 6. The van der Waals surface area contributed by atoms with Crippen molar-refractivity contribution in [2.24, 2.45) is 0 Å². The fraction of sp³-hybridized carbons (Fsp3) is 0.250. The fourth-order valence-electron chi connectivity index (χ4n) is 4.05. The van der Waals surface area contributed by atoms with Crippen LogP contribution in [0.5, 0.6) is 11.5 Å². The monoisotopic (exact) mass is 516 g/mol. The van der Waals surface area contributed by atoms with Crippen LogP contribution in [0.25, 0.3) is 0 Å². The number of anilines is 3.